The summed E-state index contributed by atoms with van der Waals surface area (Å²) >= 11 is 3.43. The van der Waals surface area contributed by atoms with Gasteiger partial charge in [0.25, 0.3) is 0 Å². The van der Waals surface area contributed by atoms with Crippen molar-refractivity contribution in [3.8, 4) is 5.75 Å². The number of rotatable bonds is 6. The van der Waals surface area contributed by atoms with E-state index < -0.39 is 0 Å². The lowest BCUT2D eigenvalue weighted by molar-refractivity contribution is -0.122. The van der Waals surface area contributed by atoms with E-state index in [-0.39, 0.29) is 17.7 Å². The Morgan fingerprint density at radius 2 is 2.12 bits per heavy atom. The summed E-state index contributed by atoms with van der Waals surface area (Å²) in [4.78, 5) is 24.3. The largest absolute Gasteiger partial charge is 0.496 e. The van der Waals surface area contributed by atoms with Crippen LogP contribution in [0.2, 0.25) is 0 Å². The van der Waals surface area contributed by atoms with Crippen molar-refractivity contribution in [2.24, 2.45) is 5.92 Å². The van der Waals surface area contributed by atoms with E-state index in [0.717, 1.165) is 27.0 Å². The highest BCUT2D eigenvalue weighted by atomic mass is 79.9. The smallest absolute Gasteiger partial charge is 0.227 e. The third-order valence-electron chi connectivity index (χ3n) is 4.54. The van der Waals surface area contributed by atoms with Gasteiger partial charge in [-0.25, -0.2) is 0 Å². The molecule has 0 radical (unpaired) electrons. The lowest BCUT2D eigenvalue weighted by atomic mass is 9.89. The van der Waals surface area contributed by atoms with Gasteiger partial charge in [-0.3, -0.25) is 9.59 Å². The maximum atomic E-state index is 12.2. The van der Waals surface area contributed by atoms with Crippen LogP contribution in [0.25, 0.3) is 0 Å². The molecule has 5 nitrogen and oxygen atoms in total. The molecule has 26 heavy (non-hydrogen) atoms. The van der Waals surface area contributed by atoms with Gasteiger partial charge in [-0.1, -0.05) is 24.3 Å². The average molecular weight is 417 g/mol. The van der Waals surface area contributed by atoms with Gasteiger partial charge in [0, 0.05) is 24.6 Å². The monoisotopic (exact) mass is 416 g/mol. The Balaban J connectivity index is 1.48. The number of halogens is 1. The van der Waals surface area contributed by atoms with E-state index in [0.29, 0.717) is 25.8 Å². The van der Waals surface area contributed by atoms with Crippen molar-refractivity contribution in [1.29, 1.82) is 0 Å². The zero-order chi connectivity index (χ0) is 18.5. The van der Waals surface area contributed by atoms with Gasteiger partial charge in [-0.2, -0.15) is 0 Å². The predicted molar refractivity (Wildman–Crippen MR) is 104 cm³/mol. The molecule has 2 aromatic carbocycles. The number of carbonyl (C=O) groups is 2. The molecule has 3 rings (SSSR count). The SMILES string of the molecule is COc1ccc(CNC(=O)CCC2Cc3ccccc3NC2=O)cc1Br. The molecule has 0 spiro atoms. The fourth-order valence-electron chi connectivity index (χ4n) is 3.06. The number of hydrogen-bond acceptors (Lipinski definition) is 3. The number of para-hydroxylation sites is 1. The number of anilines is 1. The summed E-state index contributed by atoms with van der Waals surface area (Å²) in [5.74, 6) is 0.536. The van der Waals surface area contributed by atoms with Gasteiger partial charge >= 0.3 is 0 Å². The zero-order valence-corrected chi connectivity index (χ0v) is 16.1. The third kappa shape index (κ3) is 4.43. The minimum Gasteiger partial charge on any atom is -0.496 e. The van der Waals surface area contributed by atoms with Gasteiger partial charge in [-0.15, -0.1) is 0 Å². The molecule has 2 amide bonds. The maximum Gasteiger partial charge on any atom is 0.227 e. The molecule has 2 N–H and O–H groups in total. The van der Waals surface area contributed by atoms with Crippen LogP contribution < -0.4 is 15.4 Å². The number of nitrogens with one attached hydrogen (secondary N) is 2. The fraction of sp³-hybridized carbons (Fsp3) is 0.300. The quantitative estimate of drug-likeness (QED) is 0.754. The molecule has 0 aromatic heterocycles. The number of methoxy groups -OCH3 is 1. The highest BCUT2D eigenvalue weighted by Gasteiger charge is 2.26. The molecule has 2 aromatic rings. The van der Waals surface area contributed by atoms with Crippen LogP contribution in [-0.2, 0) is 22.6 Å². The molecule has 0 saturated heterocycles. The lowest BCUT2D eigenvalue weighted by Crippen LogP contribution is -2.31. The van der Waals surface area contributed by atoms with Crippen LogP contribution in [0.1, 0.15) is 24.0 Å². The number of fused-ring (bicyclic) bond motifs is 1. The number of carbonyl (C=O) groups excluding carboxylic acids is 2. The Labute approximate surface area is 161 Å². The molecule has 0 fully saturated rings. The van der Waals surface area contributed by atoms with Crippen LogP contribution in [0.15, 0.2) is 46.9 Å². The van der Waals surface area contributed by atoms with E-state index >= 15 is 0 Å². The van der Waals surface area contributed by atoms with Crippen LogP contribution in [0.3, 0.4) is 0 Å². The minimum atomic E-state index is -0.161. The van der Waals surface area contributed by atoms with Gasteiger partial charge in [0.1, 0.15) is 5.75 Å². The van der Waals surface area contributed by atoms with Crippen molar-refractivity contribution in [3.05, 3.63) is 58.1 Å². The summed E-state index contributed by atoms with van der Waals surface area (Å²) < 4.78 is 6.05. The molecular formula is C20H21BrN2O3. The van der Waals surface area contributed by atoms with E-state index in [9.17, 15) is 9.59 Å². The second-order valence-electron chi connectivity index (χ2n) is 6.33. The summed E-state index contributed by atoms with van der Waals surface area (Å²) in [6, 6.07) is 13.5. The molecule has 0 bridgehead atoms. The van der Waals surface area contributed by atoms with E-state index in [1.54, 1.807) is 7.11 Å². The van der Waals surface area contributed by atoms with E-state index in [4.69, 9.17) is 4.74 Å². The third-order valence-corrected chi connectivity index (χ3v) is 5.16. The highest BCUT2D eigenvalue weighted by Crippen LogP contribution is 2.28. The van der Waals surface area contributed by atoms with Crippen molar-refractivity contribution in [1.82, 2.24) is 5.32 Å². The van der Waals surface area contributed by atoms with Crippen LogP contribution in [0.4, 0.5) is 5.69 Å². The van der Waals surface area contributed by atoms with Crippen molar-refractivity contribution >= 4 is 33.4 Å². The van der Waals surface area contributed by atoms with Crippen LogP contribution in [0, 0.1) is 5.92 Å². The summed E-state index contributed by atoms with van der Waals surface area (Å²) in [7, 11) is 1.61. The molecule has 136 valence electrons. The Bertz CT molecular complexity index is 822. The predicted octanol–water partition coefficient (Wildman–Crippen LogP) is 3.67. The Hall–Kier alpha value is -2.34. The molecule has 1 heterocycles. The Kier molecular flexibility index (Phi) is 5.93. The number of benzene rings is 2. The first-order valence-electron chi connectivity index (χ1n) is 8.54. The molecule has 1 aliphatic rings. The lowest BCUT2D eigenvalue weighted by Gasteiger charge is -2.24. The summed E-state index contributed by atoms with van der Waals surface area (Å²) in [5.41, 5.74) is 2.99. The van der Waals surface area contributed by atoms with Crippen LogP contribution in [-0.4, -0.2) is 18.9 Å². The second-order valence-corrected chi connectivity index (χ2v) is 7.19. The van der Waals surface area contributed by atoms with Crippen molar-refractivity contribution in [2.45, 2.75) is 25.8 Å². The molecule has 0 saturated carbocycles. The summed E-state index contributed by atoms with van der Waals surface area (Å²) in [6.07, 6.45) is 1.55. The average Bonchev–Trinajstić information content (AvgIpc) is 2.64. The van der Waals surface area contributed by atoms with E-state index in [2.05, 4.69) is 26.6 Å². The van der Waals surface area contributed by atoms with Gasteiger partial charge in [0.2, 0.25) is 11.8 Å². The molecule has 1 atom stereocenters. The molecule has 6 heteroatoms. The first-order valence-corrected chi connectivity index (χ1v) is 9.34. The molecule has 1 unspecified atom stereocenters. The first kappa shape index (κ1) is 18.5. The summed E-state index contributed by atoms with van der Waals surface area (Å²) in [5, 5.41) is 5.83. The molecule has 1 aliphatic heterocycles. The molecular weight excluding hydrogens is 396 g/mol. The summed E-state index contributed by atoms with van der Waals surface area (Å²) in [6.45, 7) is 0.446. The Morgan fingerprint density at radius 1 is 1.31 bits per heavy atom. The highest BCUT2D eigenvalue weighted by molar-refractivity contribution is 9.10. The van der Waals surface area contributed by atoms with Gasteiger partial charge in [0.05, 0.1) is 11.6 Å². The standard InChI is InChI=1S/C20H21BrN2O3/c1-26-18-8-6-13(10-16(18)21)12-22-19(24)9-7-15-11-14-4-2-3-5-17(14)23-20(15)25/h2-6,8,10,15H,7,9,11-12H2,1H3,(H,22,24)(H,23,25). The Morgan fingerprint density at radius 3 is 2.88 bits per heavy atom. The van der Waals surface area contributed by atoms with Crippen LogP contribution in [0.5, 0.6) is 5.75 Å². The number of hydrogen-bond donors (Lipinski definition) is 2. The zero-order valence-electron chi connectivity index (χ0n) is 14.5. The van der Waals surface area contributed by atoms with Crippen LogP contribution >= 0.6 is 15.9 Å². The maximum absolute atomic E-state index is 12.2. The van der Waals surface area contributed by atoms with Gasteiger partial charge < -0.3 is 15.4 Å². The topological polar surface area (TPSA) is 67.4 Å². The van der Waals surface area contributed by atoms with Crippen molar-refractivity contribution in [2.75, 3.05) is 12.4 Å². The first-order chi connectivity index (χ1) is 12.6. The van der Waals surface area contributed by atoms with Crippen molar-refractivity contribution in [3.63, 3.8) is 0 Å². The van der Waals surface area contributed by atoms with Gasteiger partial charge in [0.15, 0.2) is 0 Å². The second kappa shape index (κ2) is 8.36. The molecule has 0 aliphatic carbocycles. The number of amides is 2. The normalized spacial score (nSPS) is 15.8. The van der Waals surface area contributed by atoms with E-state index in [1.807, 2.05) is 42.5 Å². The van der Waals surface area contributed by atoms with E-state index in [1.165, 1.54) is 0 Å². The fourth-order valence-corrected chi connectivity index (χ4v) is 3.65. The minimum absolute atomic E-state index is 0.00409. The van der Waals surface area contributed by atoms with Gasteiger partial charge in [-0.05, 0) is 58.1 Å². The number of ether oxygens (including phenoxy) is 1. The van der Waals surface area contributed by atoms with Crippen molar-refractivity contribution < 1.29 is 14.3 Å².